The monoisotopic (exact) mass is 469 g/mol. The molecule has 0 saturated heterocycles. The Morgan fingerprint density at radius 2 is 1.97 bits per heavy atom. The maximum atomic E-state index is 14.4. The lowest BCUT2D eigenvalue weighted by atomic mass is 9.92. The zero-order chi connectivity index (χ0) is 23.7. The van der Waals surface area contributed by atoms with Crippen molar-refractivity contribution < 1.29 is 32.3 Å². The second-order valence-electron chi connectivity index (χ2n) is 7.20. The number of carbonyl (C=O) groups excluding carboxylic acids is 1. The van der Waals surface area contributed by atoms with Crippen LogP contribution in [0, 0.1) is 18.6 Å². The van der Waals surface area contributed by atoms with Gasteiger partial charge in [-0.1, -0.05) is 12.1 Å². The highest BCUT2D eigenvalue weighted by Gasteiger charge is 2.36. The second-order valence-corrected chi connectivity index (χ2v) is 8.23. The minimum Gasteiger partial charge on any atom is -0.478 e. The van der Waals surface area contributed by atoms with Crippen molar-refractivity contribution in [2.75, 3.05) is 12.8 Å². The van der Waals surface area contributed by atoms with E-state index < -0.39 is 47.1 Å². The lowest BCUT2D eigenvalue weighted by Gasteiger charge is -2.22. The molecule has 0 aliphatic carbocycles. The van der Waals surface area contributed by atoms with E-state index in [-0.39, 0.29) is 33.2 Å². The van der Waals surface area contributed by atoms with Crippen LogP contribution in [-0.2, 0) is 9.59 Å². The van der Waals surface area contributed by atoms with E-state index in [4.69, 9.17) is 5.73 Å². The third kappa shape index (κ3) is 4.58. The van der Waals surface area contributed by atoms with Crippen molar-refractivity contribution in [1.82, 2.24) is 10.2 Å². The molecule has 0 aromatic heterocycles. The molecule has 2 atom stereocenters. The van der Waals surface area contributed by atoms with E-state index in [0.29, 0.717) is 6.08 Å². The Kier molecular flexibility index (Phi) is 6.79. The summed E-state index contributed by atoms with van der Waals surface area (Å²) in [5, 5.41) is 12.0. The SMILES string of the molecule is Cc1ccc(C2CSC(NC(=O)C(N)/C=C3/C(F)=CC(F)=CN3C)=C2C(=O)O)c(F)c1F. The molecule has 2 heterocycles. The number of halogens is 4. The Labute approximate surface area is 185 Å². The highest BCUT2D eigenvalue weighted by molar-refractivity contribution is 8.03. The average molecular weight is 469 g/mol. The van der Waals surface area contributed by atoms with Crippen LogP contribution in [0.25, 0.3) is 0 Å². The van der Waals surface area contributed by atoms with Crippen LogP contribution in [-0.4, -0.2) is 40.7 Å². The first-order valence-electron chi connectivity index (χ1n) is 9.32. The second kappa shape index (κ2) is 9.21. The quantitative estimate of drug-likeness (QED) is 0.573. The summed E-state index contributed by atoms with van der Waals surface area (Å²) in [7, 11) is 1.36. The van der Waals surface area contributed by atoms with Gasteiger partial charge < -0.3 is 21.1 Å². The van der Waals surface area contributed by atoms with Gasteiger partial charge in [-0.15, -0.1) is 11.8 Å². The number of likely N-dealkylation sites (N-methyl/N-ethyl adjacent to an activating group) is 1. The van der Waals surface area contributed by atoms with Gasteiger partial charge in [0.1, 0.15) is 17.7 Å². The van der Waals surface area contributed by atoms with Gasteiger partial charge in [-0.05, 0) is 24.1 Å². The number of aliphatic carboxylic acids is 1. The number of nitrogens with one attached hydrogen (secondary N) is 1. The normalized spacial score (nSPS) is 20.9. The molecule has 6 nitrogen and oxygen atoms in total. The van der Waals surface area contributed by atoms with E-state index in [0.717, 1.165) is 28.9 Å². The number of carbonyl (C=O) groups is 2. The van der Waals surface area contributed by atoms with E-state index in [9.17, 15) is 32.3 Å². The Hall–Kier alpha value is -3.05. The van der Waals surface area contributed by atoms with E-state index in [1.54, 1.807) is 0 Å². The Morgan fingerprint density at radius 3 is 2.59 bits per heavy atom. The predicted molar refractivity (Wildman–Crippen MR) is 111 cm³/mol. The minimum atomic E-state index is -1.41. The number of nitrogens with zero attached hydrogens (tertiary/aromatic N) is 1. The third-order valence-electron chi connectivity index (χ3n) is 4.98. The molecular weight excluding hydrogens is 450 g/mol. The topological polar surface area (TPSA) is 95.7 Å². The van der Waals surface area contributed by atoms with Gasteiger partial charge in [-0.25, -0.2) is 22.4 Å². The molecule has 170 valence electrons. The summed E-state index contributed by atoms with van der Waals surface area (Å²) in [5.41, 5.74) is 5.29. The predicted octanol–water partition coefficient (Wildman–Crippen LogP) is 3.34. The van der Waals surface area contributed by atoms with Crippen LogP contribution < -0.4 is 11.1 Å². The van der Waals surface area contributed by atoms with Gasteiger partial charge in [-0.3, -0.25) is 4.79 Å². The Balaban J connectivity index is 1.86. The molecule has 1 aromatic carbocycles. The van der Waals surface area contributed by atoms with Gasteiger partial charge in [0.2, 0.25) is 5.91 Å². The van der Waals surface area contributed by atoms with Gasteiger partial charge in [0.15, 0.2) is 11.6 Å². The first kappa shape index (κ1) is 23.6. The molecule has 3 rings (SSSR count). The highest BCUT2D eigenvalue weighted by Crippen LogP contribution is 2.42. The molecule has 1 amide bonds. The van der Waals surface area contributed by atoms with Crippen LogP contribution in [0.2, 0.25) is 0 Å². The summed E-state index contributed by atoms with van der Waals surface area (Å²) in [5.74, 6) is -7.19. The number of rotatable bonds is 5. The summed E-state index contributed by atoms with van der Waals surface area (Å²) >= 11 is 0.940. The van der Waals surface area contributed by atoms with Gasteiger partial charge in [-0.2, -0.15) is 0 Å². The number of aryl methyl sites for hydroxylation is 1. The maximum absolute atomic E-state index is 14.4. The first-order valence-corrected chi connectivity index (χ1v) is 10.3. The molecule has 0 spiro atoms. The van der Waals surface area contributed by atoms with Crippen molar-refractivity contribution >= 4 is 23.6 Å². The van der Waals surface area contributed by atoms with Crippen molar-refractivity contribution in [1.29, 1.82) is 0 Å². The van der Waals surface area contributed by atoms with Gasteiger partial charge in [0, 0.05) is 31.0 Å². The zero-order valence-corrected chi connectivity index (χ0v) is 17.8. The van der Waals surface area contributed by atoms with Crippen molar-refractivity contribution in [2.24, 2.45) is 5.73 Å². The molecule has 2 unspecified atom stereocenters. The number of hydrogen-bond acceptors (Lipinski definition) is 5. The van der Waals surface area contributed by atoms with Crippen LogP contribution in [0.3, 0.4) is 0 Å². The molecule has 2 aliphatic heterocycles. The molecule has 32 heavy (non-hydrogen) atoms. The van der Waals surface area contributed by atoms with Gasteiger partial charge in [0.05, 0.1) is 16.3 Å². The number of carboxylic acids is 1. The molecular formula is C21H19F4N3O3S. The molecule has 2 aliphatic rings. The van der Waals surface area contributed by atoms with Crippen molar-refractivity contribution in [2.45, 2.75) is 18.9 Å². The standard InChI is InChI=1S/C21H19F4N3O3S/c1-9-3-4-11(18(25)17(9)24)12-8-32-20(16(12)21(30)31)27-19(29)14(26)6-15-13(23)5-10(22)7-28(15)2/h3-7,12,14H,8,26H2,1-2H3,(H,27,29)(H,30,31)/b15-6-. The number of allylic oxidation sites excluding steroid dienone is 3. The number of nitrogens with two attached hydrogens (primary N) is 1. The largest absolute Gasteiger partial charge is 0.478 e. The number of thioether (sulfide) groups is 1. The van der Waals surface area contributed by atoms with Crippen LogP contribution in [0.15, 0.2) is 58.4 Å². The van der Waals surface area contributed by atoms with Crippen LogP contribution >= 0.6 is 11.8 Å². The van der Waals surface area contributed by atoms with Crippen LogP contribution in [0.5, 0.6) is 0 Å². The van der Waals surface area contributed by atoms with E-state index in [1.807, 2.05) is 0 Å². The number of carboxylic acid groups (broad SMARTS) is 1. The zero-order valence-electron chi connectivity index (χ0n) is 17.0. The van der Waals surface area contributed by atoms with Crippen molar-refractivity contribution in [3.63, 3.8) is 0 Å². The molecule has 0 saturated carbocycles. The fourth-order valence-electron chi connectivity index (χ4n) is 3.30. The summed E-state index contributed by atoms with van der Waals surface area (Å²) in [6.45, 7) is 1.38. The summed E-state index contributed by atoms with van der Waals surface area (Å²) in [6.07, 6.45) is 2.68. The highest BCUT2D eigenvalue weighted by atomic mass is 32.2. The lowest BCUT2D eigenvalue weighted by Crippen LogP contribution is -2.39. The molecule has 0 bridgehead atoms. The average Bonchev–Trinajstić information content (AvgIpc) is 3.12. The van der Waals surface area contributed by atoms with Crippen LogP contribution in [0.4, 0.5) is 17.6 Å². The smallest absolute Gasteiger partial charge is 0.334 e. The van der Waals surface area contributed by atoms with Gasteiger partial charge >= 0.3 is 5.97 Å². The van der Waals surface area contributed by atoms with Crippen molar-refractivity contribution in [3.8, 4) is 0 Å². The van der Waals surface area contributed by atoms with Crippen LogP contribution in [0.1, 0.15) is 17.0 Å². The molecule has 1 aromatic rings. The summed E-state index contributed by atoms with van der Waals surface area (Å²) in [6, 6.07) is 1.25. The Morgan fingerprint density at radius 1 is 1.28 bits per heavy atom. The molecule has 11 heteroatoms. The van der Waals surface area contributed by atoms with E-state index in [2.05, 4.69) is 5.32 Å². The van der Waals surface area contributed by atoms with Gasteiger partial charge in [0.25, 0.3) is 0 Å². The Bertz CT molecular complexity index is 1110. The number of benzene rings is 1. The third-order valence-corrected chi connectivity index (χ3v) is 6.09. The number of hydrogen-bond donors (Lipinski definition) is 3. The maximum Gasteiger partial charge on any atom is 0.334 e. The van der Waals surface area contributed by atoms with E-state index >= 15 is 0 Å². The lowest BCUT2D eigenvalue weighted by molar-refractivity contribution is -0.132. The number of amides is 1. The van der Waals surface area contributed by atoms with E-state index in [1.165, 1.54) is 26.1 Å². The summed E-state index contributed by atoms with van der Waals surface area (Å²) < 4.78 is 55.7. The fourth-order valence-corrected chi connectivity index (χ4v) is 4.54. The summed E-state index contributed by atoms with van der Waals surface area (Å²) in [4.78, 5) is 25.5. The molecule has 0 fully saturated rings. The molecule has 0 radical (unpaired) electrons. The minimum absolute atomic E-state index is 0.0527. The van der Waals surface area contributed by atoms with Crippen molar-refractivity contribution in [3.05, 3.63) is 81.2 Å². The fraction of sp³-hybridized carbons (Fsp3) is 0.238. The first-order chi connectivity index (χ1) is 15.0. The molecule has 4 N–H and O–H groups in total.